The number of aliphatic hydroxyl groups is 2. The molecule has 2 atom stereocenters. The zero-order chi connectivity index (χ0) is 12.5. The second kappa shape index (κ2) is 4.41. The van der Waals surface area contributed by atoms with Gasteiger partial charge in [0.05, 0.1) is 11.2 Å². The number of nitrogens with zero attached hydrogens (tertiary/aromatic N) is 1. The summed E-state index contributed by atoms with van der Waals surface area (Å²) < 4.78 is 0. The van der Waals surface area contributed by atoms with E-state index in [-0.39, 0.29) is 0 Å². The molecule has 1 aromatic carbocycles. The molecule has 0 radical (unpaired) electrons. The van der Waals surface area contributed by atoms with E-state index in [0.29, 0.717) is 13.1 Å². The summed E-state index contributed by atoms with van der Waals surface area (Å²) in [7, 11) is 0. The molecule has 1 fully saturated rings. The van der Waals surface area contributed by atoms with Gasteiger partial charge in [0.15, 0.2) is 0 Å². The lowest BCUT2D eigenvalue weighted by Gasteiger charge is -2.30. The Morgan fingerprint density at radius 1 is 1.35 bits per heavy atom. The van der Waals surface area contributed by atoms with E-state index in [0.717, 1.165) is 18.5 Å². The molecule has 1 heterocycles. The Hall–Kier alpha value is -0.900. The van der Waals surface area contributed by atoms with Crippen LogP contribution in [0.15, 0.2) is 30.3 Å². The fraction of sp³-hybridized carbons (Fsp3) is 0.571. The van der Waals surface area contributed by atoms with E-state index in [1.54, 1.807) is 0 Å². The molecule has 1 aromatic rings. The maximum Gasteiger partial charge on any atom is 0.0994 e. The van der Waals surface area contributed by atoms with Crippen LogP contribution in [0.3, 0.4) is 0 Å². The number of benzene rings is 1. The second-order valence-electron chi connectivity index (χ2n) is 5.60. The van der Waals surface area contributed by atoms with Crippen molar-refractivity contribution in [3.8, 4) is 0 Å². The van der Waals surface area contributed by atoms with Gasteiger partial charge in [-0.25, -0.2) is 0 Å². The molecule has 0 amide bonds. The van der Waals surface area contributed by atoms with Gasteiger partial charge in [0.25, 0.3) is 0 Å². The SMILES string of the molecule is CC1(O)CCN(CC(C)(O)c2ccccc2)C1. The fourth-order valence-electron chi connectivity index (χ4n) is 2.50. The standard InChI is InChI=1S/C14H21NO2/c1-13(16)8-9-15(10-13)11-14(2,17)12-6-4-3-5-7-12/h3-7,16-17H,8-11H2,1-2H3. The maximum atomic E-state index is 10.5. The van der Waals surface area contributed by atoms with Gasteiger partial charge in [0.1, 0.15) is 0 Å². The Bertz CT molecular complexity index is 373. The largest absolute Gasteiger partial charge is 0.389 e. The van der Waals surface area contributed by atoms with Crippen molar-refractivity contribution in [2.45, 2.75) is 31.5 Å². The summed E-state index contributed by atoms with van der Waals surface area (Å²) in [5.41, 5.74) is -0.541. The van der Waals surface area contributed by atoms with E-state index in [4.69, 9.17) is 0 Å². The Balaban J connectivity index is 2.04. The van der Waals surface area contributed by atoms with Gasteiger partial charge in [-0.15, -0.1) is 0 Å². The van der Waals surface area contributed by atoms with Gasteiger partial charge in [-0.2, -0.15) is 0 Å². The molecule has 2 unspecified atom stereocenters. The molecule has 1 aliphatic heterocycles. The zero-order valence-corrected chi connectivity index (χ0v) is 10.6. The molecule has 17 heavy (non-hydrogen) atoms. The maximum absolute atomic E-state index is 10.5. The van der Waals surface area contributed by atoms with E-state index >= 15 is 0 Å². The van der Waals surface area contributed by atoms with E-state index in [1.807, 2.05) is 44.2 Å². The van der Waals surface area contributed by atoms with E-state index in [9.17, 15) is 10.2 Å². The van der Waals surface area contributed by atoms with Gasteiger partial charge in [0, 0.05) is 19.6 Å². The highest BCUT2D eigenvalue weighted by Crippen LogP contribution is 2.26. The number of β-amino-alcohol motifs (C(OH)–C–C–N with tert-alkyl or cyclic N) is 2. The smallest absolute Gasteiger partial charge is 0.0994 e. The van der Waals surface area contributed by atoms with Gasteiger partial charge in [-0.3, -0.25) is 4.90 Å². The van der Waals surface area contributed by atoms with Crippen LogP contribution in [0, 0.1) is 0 Å². The van der Waals surface area contributed by atoms with Crippen LogP contribution in [-0.4, -0.2) is 40.3 Å². The number of rotatable bonds is 3. The molecular weight excluding hydrogens is 214 g/mol. The first-order chi connectivity index (χ1) is 7.89. The van der Waals surface area contributed by atoms with Crippen molar-refractivity contribution in [1.82, 2.24) is 4.90 Å². The van der Waals surface area contributed by atoms with Crippen LogP contribution in [-0.2, 0) is 5.60 Å². The molecule has 3 heteroatoms. The third-order valence-corrected chi connectivity index (χ3v) is 3.46. The molecule has 1 saturated heterocycles. The zero-order valence-electron chi connectivity index (χ0n) is 10.6. The quantitative estimate of drug-likeness (QED) is 0.831. The number of likely N-dealkylation sites (tertiary alicyclic amines) is 1. The van der Waals surface area contributed by atoms with E-state index in [1.165, 1.54) is 0 Å². The van der Waals surface area contributed by atoms with Gasteiger partial charge >= 0.3 is 0 Å². The summed E-state index contributed by atoms with van der Waals surface area (Å²) in [4.78, 5) is 2.12. The Morgan fingerprint density at radius 3 is 2.53 bits per heavy atom. The first kappa shape index (κ1) is 12.6. The lowest BCUT2D eigenvalue weighted by atomic mass is 9.95. The normalized spacial score (nSPS) is 29.2. The molecule has 0 saturated carbocycles. The summed E-state index contributed by atoms with van der Waals surface area (Å²) in [6.45, 7) is 5.72. The van der Waals surface area contributed by atoms with Crippen molar-refractivity contribution >= 4 is 0 Å². The minimum Gasteiger partial charge on any atom is -0.389 e. The van der Waals surface area contributed by atoms with Crippen molar-refractivity contribution < 1.29 is 10.2 Å². The average molecular weight is 235 g/mol. The molecule has 0 spiro atoms. The van der Waals surface area contributed by atoms with Crippen molar-refractivity contribution in [3.63, 3.8) is 0 Å². The Labute approximate surface area is 103 Å². The molecule has 0 bridgehead atoms. The topological polar surface area (TPSA) is 43.7 Å². The first-order valence-electron chi connectivity index (χ1n) is 6.12. The van der Waals surface area contributed by atoms with Crippen LogP contribution >= 0.6 is 0 Å². The van der Waals surface area contributed by atoms with Gasteiger partial charge in [-0.1, -0.05) is 30.3 Å². The van der Waals surface area contributed by atoms with Crippen molar-refractivity contribution in [1.29, 1.82) is 0 Å². The Morgan fingerprint density at radius 2 is 2.00 bits per heavy atom. The molecule has 0 aromatic heterocycles. The van der Waals surface area contributed by atoms with Crippen LogP contribution in [0.5, 0.6) is 0 Å². The average Bonchev–Trinajstić information content (AvgIpc) is 2.58. The molecule has 0 aliphatic carbocycles. The van der Waals surface area contributed by atoms with Crippen LogP contribution in [0.25, 0.3) is 0 Å². The van der Waals surface area contributed by atoms with Crippen molar-refractivity contribution in [3.05, 3.63) is 35.9 Å². The lowest BCUT2D eigenvalue weighted by molar-refractivity contribution is 0.0102. The first-order valence-corrected chi connectivity index (χ1v) is 6.12. The lowest BCUT2D eigenvalue weighted by Crippen LogP contribution is -2.39. The van der Waals surface area contributed by atoms with Crippen LogP contribution in [0.2, 0.25) is 0 Å². The summed E-state index contributed by atoms with van der Waals surface area (Å²) in [6, 6.07) is 9.69. The summed E-state index contributed by atoms with van der Waals surface area (Å²) in [5, 5.41) is 20.4. The predicted octanol–water partition coefficient (Wildman–Crippen LogP) is 1.35. The predicted molar refractivity (Wildman–Crippen MR) is 67.7 cm³/mol. The van der Waals surface area contributed by atoms with Crippen LogP contribution < -0.4 is 0 Å². The van der Waals surface area contributed by atoms with Crippen molar-refractivity contribution in [2.75, 3.05) is 19.6 Å². The molecule has 2 N–H and O–H groups in total. The minimum absolute atomic E-state index is 0.563. The number of hydrogen-bond acceptors (Lipinski definition) is 3. The fourth-order valence-corrected chi connectivity index (χ4v) is 2.50. The van der Waals surface area contributed by atoms with Crippen LogP contribution in [0.1, 0.15) is 25.8 Å². The Kier molecular flexibility index (Phi) is 3.25. The summed E-state index contributed by atoms with van der Waals surface area (Å²) >= 11 is 0. The molecular formula is C14H21NO2. The second-order valence-corrected chi connectivity index (χ2v) is 5.60. The summed E-state index contributed by atoms with van der Waals surface area (Å²) in [5.74, 6) is 0. The van der Waals surface area contributed by atoms with Crippen LogP contribution in [0.4, 0.5) is 0 Å². The molecule has 94 valence electrons. The third kappa shape index (κ3) is 3.06. The monoisotopic (exact) mass is 235 g/mol. The van der Waals surface area contributed by atoms with Crippen molar-refractivity contribution in [2.24, 2.45) is 0 Å². The molecule has 3 nitrogen and oxygen atoms in total. The highest BCUT2D eigenvalue weighted by molar-refractivity contribution is 5.22. The van der Waals surface area contributed by atoms with Gasteiger partial charge < -0.3 is 10.2 Å². The van der Waals surface area contributed by atoms with Gasteiger partial charge in [0.2, 0.25) is 0 Å². The molecule has 2 rings (SSSR count). The summed E-state index contributed by atoms with van der Waals surface area (Å²) in [6.07, 6.45) is 0.776. The third-order valence-electron chi connectivity index (χ3n) is 3.46. The molecule has 1 aliphatic rings. The minimum atomic E-state index is -0.859. The number of hydrogen-bond donors (Lipinski definition) is 2. The van der Waals surface area contributed by atoms with E-state index in [2.05, 4.69) is 4.90 Å². The van der Waals surface area contributed by atoms with Gasteiger partial charge in [-0.05, 0) is 25.8 Å². The van der Waals surface area contributed by atoms with E-state index < -0.39 is 11.2 Å². The highest BCUT2D eigenvalue weighted by Gasteiger charge is 2.35. The highest BCUT2D eigenvalue weighted by atomic mass is 16.3.